The van der Waals surface area contributed by atoms with Crippen LogP contribution in [0.3, 0.4) is 0 Å². The molecular formula is C3H2N4OS. The fourth-order valence-corrected chi connectivity index (χ4v) is 1.12. The van der Waals surface area contributed by atoms with E-state index < -0.39 is 0 Å². The lowest BCUT2D eigenvalue weighted by atomic mass is 10.9. The van der Waals surface area contributed by atoms with Gasteiger partial charge in [-0.05, 0) is 0 Å². The molecule has 2 heterocycles. The van der Waals surface area contributed by atoms with Crippen molar-refractivity contribution in [3.8, 4) is 0 Å². The Balaban J connectivity index is 3.08. The molecular weight excluding hydrogens is 140 g/mol. The van der Waals surface area contributed by atoms with Crippen molar-refractivity contribution in [2.75, 3.05) is 0 Å². The van der Waals surface area contributed by atoms with Crippen LogP contribution in [0.1, 0.15) is 0 Å². The van der Waals surface area contributed by atoms with Crippen LogP contribution in [-0.2, 0) is 0 Å². The Bertz CT molecular complexity index is 338. The van der Waals surface area contributed by atoms with Crippen LogP contribution in [0.25, 0.3) is 10.5 Å². The zero-order valence-electron chi connectivity index (χ0n) is 4.21. The van der Waals surface area contributed by atoms with Gasteiger partial charge < -0.3 is 0 Å². The summed E-state index contributed by atoms with van der Waals surface area (Å²) < 4.78 is 3.59. The Hall–Kier alpha value is -1.17. The van der Waals surface area contributed by atoms with Gasteiger partial charge in [-0.25, -0.2) is 4.79 Å². The Morgan fingerprint density at radius 3 is 3.11 bits per heavy atom. The highest BCUT2D eigenvalue weighted by atomic mass is 32.1. The molecule has 2 aromatic heterocycles. The lowest BCUT2D eigenvalue weighted by molar-refractivity contribution is 1.13. The van der Waals surface area contributed by atoms with Gasteiger partial charge in [-0.1, -0.05) is 4.49 Å². The lowest BCUT2D eigenvalue weighted by Crippen LogP contribution is -1.99. The van der Waals surface area contributed by atoms with Crippen LogP contribution < -0.4 is 5.69 Å². The second-order valence-electron chi connectivity index (χ2n) is 1.53. The monoisotopic (exact) mass is 142 g/mol. The number of aromatic nitrogens is 4. The second kappa shape index (κ2) is 1.41. The van der Waals surface area contributed by atoms with Crippen LogP contribution in [0, 0.1) is 0 Å². The van der Waals surface area contributed by atoms with Crippen molar-refractivity contribution < 1.29 is 0 Å². The molecule has 2 aromatic rings. The Labute approximate surface area is 52.9 Å². The van der Waals surface area contributed by atoms with Crippen LogP contribution in [0.2, 0.25) is 0 Å². The van der Waals surface area contributed by atoms with Crippen LogP contribution in [-0.4, -0.2) is 19.6 Å². The van der Waals surface area contributed by atoms with E-state index in [1.165, 1.54) is 0 Å². The molecule has 0 aliphatic carbocycles. The minimum Gasteiger partial charge on any atom is -0.295 e. The summed E-state index contributed by atoms with van der Waals surface area (Å²) in [5.41, 5.74) is 0.302. The largest absolute Gasteiger partial charge is 0.325 e. The maximum atomic E-state index is 10.5. The molecule has 0 radical (unpaired) electrons. The Kier molecular flexibility index (Phi) is 0.734. The number of nitrogens with zero attached hydrogens (tertiary/aromatic N) is 2. The fraction of sp³-hybridized carbons (Fsp3) is 0. The average Bonchev–Trinajstić information content (AvgIpc) is 2.22. The number of nitrogens with one attached hydrogen (secondary N) is 2. The van der Waals surface area contributed by atoms with Gasteiger partial charge in [-0.15, -0.1) is 5.10 Å². The zero-order valence-corrected chi connectivity index (χ0v) is 5.03. The van der Waals surface area contributed by atoms with Gasteiger partial charge in [0.25, 0.3) is 0 Å². The van der Waals surface area contributed by atoms with Gasteiger partial charge in [0.1, 0.15) is 0 Å². The predicted molar refractivity (Wildman–Crippen MR) is 32.4 cm³/mol. The summed E-state index contributed by atoms with van der Waals surface area (Å²) in [5, 5.41) is 3.62. The van der Waals surface area contributed by atoms with Crippen LogP contribution >= 0.6 is 11.5 Å². The highest BCUT2D eigenvalue weighted by Crippen LogP contribution is 2.04. The van der Waals surface area contributed by atoms with Crippen molar-refractivity contribution in [1.82, 2.24) is 19.6 Å². The summed E-state index contributed by atoms with van der Waals surface area (Å²) in [4.78, 5) is 16.2. The van der Waals surface area contributed by atoms with E-state index in [0.29, 0.717) is 10.5 Å². The van der Waals surface area contributed by atoms with Crippen LogP contribution in [0.4, 0.5) is 0 Å². The molecule has 0 unspecified atom stereocenters. The zero-order chi connectivity index (χ0) is 6.27. The molecule has 2 rings (SSSR count). The van der Waals surface area contributed by atoms with Gasteiger partial charge in [0, 0.05) is 11.5 Å². The van der Waals surface area contributed by atoms with E-state index in [1.54, 1.807) is 0 Å². The first-order valence-corrected chi connectivity index (χ1v) is 3.04. The van der Waals surface area contributed by atoms with E-state index in [9.17, 15) is 4.79 Å². The maximum absolute atomic E-state index is 10.5. The third-order valence-corrected chi connectivity index (χ3v) is 1.59. The van der Waals surface area contributed by atoms with Crippen LogP contribution in [0.15, 0.2) is 4.79 Å². The molecule has 5 nitrogen and oxygen atoms in total. The molecule has 6 heteroatoms. The molecule has 0 aliphatic heterocycles. The number of imidazole rings is 1. The molecule has 0 amide bonds. The molecule has 0 aromatic carbocycles. The van der Waals surface area contributed by atoms with E-state index in [-0.39, 0.29) is 5.69 Å². The predicted octanol–water partition coefficient (Wildman–Crippen LogP) is -0.292. The topological polar surface area (TPSA) is 74.4 Å². The lowest BCUT2D eigenvalue weighted by Gasteiger charge is -1.59. The third kappa shape index (κ3) is 0.563. The molecule has 0 atom stereocenters. The van der Waals surface area contributed by atoms with E-state index in [4.69, 9.17) is 0 Å². The SMILES string of the molecule is O=c1[nH]c2nnsc2[nH]1. The van der Waals surface area contributed by atoms with Gasteiger partial charge in [-0.2, -0.15) is 0 Å². The molecule has 0 aliphatic rings. The van der Waals surface area contributed by atoms with Crippen molar-refractivity contribution in [2.45, 2.75) is 0 Å². The normalized spacial score (nSPS) is 10.7. The number of H-pyrrole nitrogens is 2. The Morgan fingerprint density at radius 2 is 2.33 bits per heavy atom. The van der Waals surface area contributed by atoms with Crippen molar-refractivity contribution in [3.63, 3.8) is 0 Å². The van der Waals surface area contributed by atoms with Gasteiger partial charge in [0.15, 0.2) is 10.5 Å². The summed E-state index contributed by atoms with van der Waals surface area (Å²) in [7, 11) is 0. The maximum Gasteiger partial charge on any atom is 0.325 e. The van der Waals surface area contributed by atoms with Gasteiger partial charge >= 0.3 is 5.69 Å². The number of rotatable bonds is 0. The average molecular weight is 142 g/mol. The quantitative estimate of drug-likeness (QED) is 0.530. The first-order valence-electron chi connectivity index (χ1n) is 2.26. The van der Waals surface area contributed by atoms with E-state index in [1.807, 2.05) is 0 Å². The summed E-state index contributed by atoms with van der Waals surface area (Å²) in [6.07, 6.45) is 0. The summed E-state index contributed by atoms with van der Waals surface area (Å²) in [5.74, 6) is 0. The molecule has 0 saturated carbocycles. The Morgan fingerprint density at radius 1 is 1.44 bits per heavy atom. The van der Waals surface area contributed by atoms with Crippen molar-refractivity contribution >= 4 is 22.0 Å². The highest BCUT2D eigenvalue weighted by Gasteiger charge is 1.98. The highest BCUT2D eigenvalue weighted by molar-refractivity contribution is 7.12. The first-order chi connectivity index (χ1) is 4.36. The molecule has 0 saturated heterocycles. The molecule has 0 spiro atoms. The smallest absolute Gasteiger partial charge is 0.295 e. The molecule has 0 bridgehead atoms. The van der Waals surface area contributed by atoms with E-state index in [2.05, 4.69) is 19.6 Å². The van der Waals surface area contributed by atoms with E-state index in [0.717, 1.165) is 11.5 Å². The van der Waals surface area contributed by atoms with Gasteiger partial charge in [0.2, 0.25) is 0 Å². The fourth-order valence-electron chi connectivity index (χ4n) is 0.596. The number of aromatic amines is 2. The number of hydrogen-bond acceptors (Lipinski definition) is 4. The van der Waals surface area contributed by atoms with Crippen molar-refractivity contribution in [2.24, 2.45) is 0 Å². The van der Waals surface area contributed by atoms with Crippen LogP contribution in [0.5, 0.6) is 0 Å². The minimum absolute atomic E-state index is 0.230. The van der Waals surface area contributed by atoms with Gasteiger partial charge in [0.05, 0.1) is 0 Å². The standard InChI is InChI=1S/C3H2N4OS/c8-3-4-1-2(5-3)9-7-6-1/h(H2,4,5,8). The third-order valence-electron chi connectivity index (χ3n) is 0.947. The molecule has 2 N–H and O–H groups in total. The number of fused-ring (bicyclic) bond motifs is 1. The first kappa shape index (κ1) is 4.68. The summed E-state index contributed by atoms with van der Waals surface area (Å²) in [6.45, 7) is 0. The number of hydrogen-bond donors (Lipinski definition) is 2. The van der Waals surface area contributed by atoms with Gasteiger partial charge in [-0.3, -0.25) is 9.97 Å². The van der Waals surface area contributed by atoms with Crippen molar-refractivity contribution in [1.29, 1.82) is 0 Å². The molecule has 46 valence electrons. The second-order valence-corrected chi connectivity index (χ2v) is 2.28. The molecule has 0 fully saturated rings. The summed E-state index contributed by atoms with van der Waals surface area (Å²) >= 11 is 1.16. The summed E-state index contributed by atoms with van der Waals surface area (Å²) in [6, 6.07) is 0. The van der Waals surface area contributed by atoms with E-state index >= 15 is 0 Å². The molecule has 9 heavy (non-hydrogen) atoms. The van der Waals surface area contributed by atoms with Crippen molar-refractivity contribution in [3.05, 3.63) is 10.5 Å². The minimum atomic E-state index is -0.230.